The third kappa shape index (κ3) is 3.89. The van der Waals surface area contributed by atoms with E-state index in [9.17, 15) is 14.4 Å². The van der Waals surface area contributed by atoms with Crippen molar-refractivity contribution in [3.05, 3.63) is 62.8 Å². The van der Waals surface area contributed by atoms with Crippen LogP contribution in [-0.2, 0) is 18.4 Å². The quantitative estimate of drug-likeness (QED) is 0.595. The Morgan fingerprint density at radius 3 is 2.96 bits per heavy atom. The first-order valence-electron chi connectivity index (χ1n) is 8.04. The van der Waals surface area contributed by atoms with Crippen LogP contribution < -0.4 is 16.6 Å². The van der Waals surface area contributed by atoms with E-state index >= 15 is 0 Å². The molecule has 0 aliphatic carbocycles. The van der Waals surface area contributed by atoms with E-state index in [0.29, 0.717) is 26.2 Å². The molecular weight excluding hydrogens is 340 g/mol. The highest BCUT2D eigenvalue weighted by molar-refractivity contribution is 5.94. The predicted octanol–water partition coefficient (Wildman–Crippen LogP) is 0.551. The summed E-state index contributed by atoms with van der Waals surface area (Å²) in [7, 11) is 1.48. The van der Waals surface area contributed by atoms with Gasteiger partial charge in [-0.25, -0.2) is 9.78 Å². The minimum absolute atomic E-state index is 0.134. The lowest BCUT2D eigenvalue weighted by Crippen LogP contribution is -2.30. The van der Waals surface area contributed by atoms with Crippen molar-refractivity contribution in [1.82, 2.24) is 19.9 Å². The fourth-order valence-electron chi connectivity index (χ4n) is 2.39. The van der Waals surface area contributed by atoms with Crippen LogP contribution in [0.2, 0.25) is 0 Å². The molecule has 3 aromatic rings. The number of rotatable bonds is 7. The molecule has 1 amide bonds. The van der Waals surface area contributed by atoms with Gasteiger partial charge in [0, 0.05) is 20.2 Å². The maximum absolute atomic E-state index is 12.2. The molecule has 9 heteroatoms. The number of carbonyl (C=O) groups excluding carboxylic acids is 1. The van der Waals surface area contributed by atoms with E-state index in [-0.39, 0.29) is 22.6 Å². The number of carbonyl (C=O) groups is 1. The molecule has 0 aromatic carbocycles. The maximum atomic E-state index is 12.2. The second-order valence-electron chi connectivity index (χ2n) is 5.63. The summed E-state index contributed by atoms with van der Waals surface area (Å²) in [6.45, 7) is 1.26. The van der Waals surface area contributed by atoms with Crippen molar-refractivity contribution in [2.45, 2.75) is 13.0 Å². The Morgan fingerprint density at radius 2 is 2.19 bits per heavy atom. The van der Waals surface area contributed by atoms with E-state index in [2.05, 4.69) is 15.3 Å². The van der Waals surface area contributed by atoms with Crippen molar-refractivity contribution in [2.75, 3.05) is 13.2 Å². The average molecular weight is 358 g/mol. The Morgan fingerprint density at radius 1 is 1.35 bits per heavy atom. The van der Waals surface area contributed by atoms with E-state index in [1.54, 1.807) is 12.3 Å². The number of nitrogens with zero attached hydrogens (tertiary/aromatic N) is 2. The van der Waals surface area contributed by atoms with Crippen molar-refractivity contribution >= 4 is 16.9 Å². The predicted molar refractivity (Wildman–Crippen MR) is 92.9 cm³/mol. The van der Waals surface area contributed by atoms with Crippen LogP contribution in [0.5, 0.6) is 0 Å². The second kappa shape index (κ2) is 7.79. The summed E-state index contributed by atoms with van der Waals surface area (Å²) in [4.78, 5) is 41.9. The van der Waals surface area contributed by atoms with Gasteiger partial charge in [0.2, 0.25) is 0 Å². The molecule has 3 rings (SSSR count). The van der Waals surface area contributed by atoms with Crippen LogP contribution >= 0.6 is 0 Å². The molecule has 136 valence electrons. The van der Waals surface area contributed by atoms with Crippen LogP contribution in [0.25, 0.3) is 11.0 Å². The van der Waals surface area contributed by atoms with Crippen LogP contribution in [0.15, 0.2) is 44.5 Å². The molecule has 0 unspecified atom stereocenters. The highest BCUT2D eigenvalue weighted by atomic mass is 16.5. The van der Waals surface area contributed by atoms with Gasteiger partial charge < -0.3 is 14.5 Å². The molecule has 9 nitrogen and oxygen atoms in total. The number of hydrogen-bond donors (Lipinski definition) is 2. The summed E-state index contributed by atoms with van der Waals surface area (Å²) in [5, 5.41) is 2.97. The van der Waals surface area contributed by atoms with Crippen LogP contribution in [0.3, 0.4) is 0 Å². The first-order chi connectivity index (χ1) is 12.6. The lowest BCUT2D eigenvalue weighted by molar-refractivity contribution is 0.0913. The largest absolute Gasteiger partial charge is 0.467 e. The summed E-state index contributed by atoms with van der Waals surface area (Å²) in [5.74, 6) is 0.362. The number of aryl methyl sites for hydroxylation is 1. The van der Waals surface area contributed by atoms with Gasteiger partial charge in [-0.1, -0.05) is 0 Å². The fourth-order valence-corrected chi connectivity index (χ4v) is 2.39. The molecule has 0 fully saturated rings. The van der Waals surface area contributed by atoms with Gasteiger partial charge in [-0.3, -0.25) is 19.1 Å². The lowest BCUT2D eigenvalue weighted by Gasteiger charge is -2.07. The highest BCUT2D eigenvalue weighted by Crippen LogP contribution is 2.06. The molecule has 0 atom stereocenters. The van der Waals surface area contributed by atoms with Crippen molar-refractivity contribution in [1.29, 1.82) is 0 Å². The summed E-state index contributed by atoms with van der Waals surface area (Å²) in [6, 6.07) is 6.54. The summed E-state index contributed by atoms with van der Waals surface area (Å²) in [5.41, 5.74) is -0.819. The zero-order valence-electron chi connectivity index (χ0n) is 14.2. The lowest BCUT2D eigenvalue weighted by atomic mass is 10.2. The summed E-state index contributed by atoms with van der Waals surface area (Å²) < 4.78 is 11.8. The van der Waals surface area contributed by atoms with Crippen molar-refractivity contribution < 1.29 is 13.9 Å². The molecule has 0 aliphatic heterocycles. The Balaban J connectivity index is 1.55. The van der Waals surface area contributed by atoms with Crippen LogP contribution in [0.4, 0.5) is 0 Å². The van der Waals surface area contributed by atoms with E-state index < -0.39 is 11.2 Å². The van der Waals surface area contributed by atoms with Crippen molar-refractivity contribution in [2.24, 2.45) is 7.05 Å². The SMILES string of the molecule is Cn1c(=O)[nH]c(=O)c2ccc(C(=O)NCCCOCc3ccco3)nc21. The first-order valence-corrected chi connectivity index (χ1v) is 8.04. The van der Waals surface area contributed by atoms with Gasteiger partial charge in [0.15, 0.2) is 0 Å². The van der Waals surface area contributed by atoms with E-state index in [4.69, 9.17) is 9.15 Å². The summed E-state index contributed by atoms with van der Waals surface area (Å²) in [6.07, 6.45) is 2.21. The number of aromatic amines is 1. The van der Waals surface area contributed by atoms with Crippen LogP contribution in [0, 0.1) is 0 Å². The van der Waals surface area contributed by atoms with Crippen molar-refractivity contribution in [3.63, 3.8) is 0 Å². The Kier molecular flexibility index (Phi) is 5.28. The average Bonchev–Trinajstić information content (AvgIpc) is 3.15. The zero-order chi connectivity index (χ0) is 18.5. The van der Waals surface area contributed by atoms with Gasteiger partial charge in [-0.2, -0.15) is 0 Å². The van der Waals surface area contributed by atoms with Crippen LogP contribution in [-0.4, -0.2) is 33.6 Å². The number of nitrogens with one attached hydrogen (secondary N) is 2. The Bertz CT molecular complexity index is 1020. The standard InChI is InChI=1S/C17H18N4O5/c1-21-14-12(15(22)20-17(21)24)5-6-13(19-14)16(23)18-7-3-8-25-10-11-4-2-9-26-11/h2,4-6,9H,3,7-8,10H2,1H3,(H,18,23)(H,20,22,24). The minimum Gasteiger partial charge on any atom is -0.467 e. The first kappa shape index (κ1) is 17.6. The van der Waals surface area contributed by atoms with Gasteiger partial charge in [0.05, 0.1) is 11.6 Å². The fraction of sp³-hybridized carbons (Fsp3) is 0.294. The van der Waals surface area contributed by atoms with Gasteiger partial charge in [0.1, 0.15) is 23.7 Å². The maximum Gasteiger partial charge on any atom is 0.329 e. The normalized spacial score (nSPS) is 11.0. The molecule has 2 N–H and O–H groups in total. The molecular formula is C17H18N4O5. The smallest absolute Gasteiger partial charge is 0.329 e. The number of H-pyrrole nitrogens is 1. The molecule has 0 bridgehead atoms. The molecule has 0 spiro atoms. The Hall–Kier alpha value is -3.20. The molecule has 26 heavy (non-hydrogen) atoms. The monoisotopic (exact) mass is 358 g/mol. The number of pyridine rings is 1. The third-order valence-electron chi connectivity index (χ3n) is 3.77. The number of ether oxygens (including phenoxy) is 1. The van der Waals surface area contributed by atoms with Gasteiger partial charge in [-0.05, 0) is 30.7 Å². The van der Waals surface area contributed by atoms with E-state index in [0.717, 1.165) is 5.76 Å². The number of fused-ring (bicyclic) bond motifs is 1. The molecule has 3 heterocycles. The van der Waals surface area contributed by atoms with Crippen molar-refractivity contribution in [3.8, 4) is 0 Å². The van der Waals surface area contributed by atoms with Gasteiger partial charge >= 0.3 is 5.69 Å². The minimum atomic E-state index is -0.582. The van der Waals surface area contributed by atoms with E-state index in [1.807, 2.05) is 6.07 Å². The summed E-state index contributed by atoms with van der Waals surface area (Å²) >= 11 is 0. The Labute approximate surface area is 147 Å². The molecule has 3 aromatic heterocycles. The molecule has 0 radical (unpaired) electrons. The van der Waals surface area contributed by atoms with Crippen LogP contribution in [0.1, 0.15) is 22.7 Å². The number of amides is 1. The molecule has 0 saturated heterocycles. The number of hydrogen-bond acceptors (Lipinski definition) is 6. The zero-order valence-corrected chi connectivity index (χ0v) is 14.2. The topological polar surface area (TPSA) is 119 Å². The highest BCUT2D eigenvalue weighted by Gasteiger charge is 2.11. The second-order valence-corrected chi connectivity index (χ2v) is 5.63. The van der Waals surface area contributed by atoms with Gasteiger partial charge in [-0.15, -0.1) is 0 Å². The molecule has 0 aliphatic rings. The third-order valence-corrected chi connectivity index (χ3v) is 3.77. The van der Waals surface area contributed by atoms with E-state index in [1.165, 1.54) is 23.7 Å². The van der Waals surface area contributed by atoms with Gasteiger partial charge in [0.25, 0.3) is 11.5 Å². The number of aromatic nitrogens is 3. The molecule has 0 saturated carbocycles. The number of furan rings is 1.